The Morgan fingerprint density at radius 3 is 2.75 bits per heavy atom. The van der Waals surface area contributed by atoms with Crippen molar-refractivity contribution < 1.29 is 4.79 Å². The first-order valence-electron chi connectivity index (χ1n) is 9.10. The van der Waals surface area contributed by atoms with Gasteiger partial charge in [0.05, 0.1) is 12.1 Å². The van der Waals surface area contributed by atoms with E-state index in [4.69, 9.17) is 28.9 Å². The molecule has 0 unspecified atom stereocenters. The zero-order valence-corrected chi connectivity index (χ0v) is 17.1. The van der Waals surface area contributed by atoms with Crippen molar-refractivity contribution in [3.8, 4) is 0 Å². The normalized spacial score (nSPS) is 17.5. The Balaban J connectivity index is 1.56. The van der Waals surface area contributed by atoms with E-state index in [0.717, 1.165) is 36.5 Å². The molecule has 2 heterocycles. The van der Waals surface area contributed by atoms with Gasteiger partial charge in [-0.3, -0.25) is 9.79 Å². The molecule has 1 saturated heterocycles. The number of hydrogen-bond acceptors (Lipinski definition) is 4. The van der Waals surface area contributed by atoms with E-state index in [9.17, 15) is 4.79 Å². The molecule has 7 nitrogen and oxygen atoms in total. The van der Waals surface area contributed by atoms with Gasteiger partial charge in [-0.1, -0.05) is 23.2 Å². The third-order valence-corrected chi connectivity index (χ3v) is 5.12. The summed E-state index contributed by atoms with van der Waals surface area (Å²) >= 11 is 12.0. The second-order valence-corrected chi connectivity index (χ2v) is 7.59. The first kappa shape index (κ1) is 20.4. The standard InChI is InChI=1S/C19H24Cl2N6O/c1-23-19(16-4-5-24-18(16)22)26-14-3-2-6-27(11-14)17(28)10-25-15-8-12(20)7-13(21)9-15/h4-5,7-9,14,24-25H,2-3,6,10-11,22H2,1H3,(H,23,26)/t14-/m0/s1. The summed E-state index contributed by atoms with van der Waals surface area (Å²) in [5, 5.41) is 7.57. The molecule has 0 bridgehead atoms. The summed E-state index contributed by atoms with van der Waals surface area (Å²) in [7, 11) is 1.72. The summed E-state index contributed by atoms with van der Waals surface area (Å²) in [6, 6.07) is 7.14. The van der Waals surface area contributed by atoms with Gasteiger partial charge in [-0.15, -0.1) is 0 Å². The molecule has 1 aromatic heterocycles. The Morgan fingerprint density at radius 1 is 1.36 bits per heavy atom. The van der Waals surface area contributed by atoms with Gasteiger partial charge in [0.25, 0.3) is 0 Å². The van der Waals surface area contributed by atoms with Gasteiger partial charge in [0, 0.05) is 48.1 Å². The highest BCUT2D eigenvalue weighted by atomic mass is 35.5. The number of piperidine rings is 1. The van der Waals surface area contributed by atoms with Crippen molar-refractivity contribution in [2.45, 2.75) is 18.9 Å². The van der Waals surface area contributed by atoms with Crippen molar-refractivity contribution >= 4 is 46.4 Å². The number of nitrogens with one attached hydrogen (secondary N) is 3. The van der Waals surface area contributed by atoms with E-state index in [0.29, 0.717) is 22.4 Å². The molecule has 3 rings (SSSR count). The highest BCUT2D eigenvalue weighted by Crippen LogP contribution is 2.22. The molecule has 1 atom stereocenters. The first-order chi connectivity index (χ1) is 13.5. The van der Waals surface area contributed by atoms with E-state index in [1.54, 1.807) is 31.4 Å². The van der Waals surface area contributed by atoms with Gasteiger partial charge in [0.2, 0.25) is 5.91 Å². The number of hydrogen-bond donors (Lipinski definition) is 4. The number of amidine groups is 1. The summed E-state index contributed by atoms with van der Waals surface area (Å²) in [4.78, 5) is 21.8. The van der Waals surface area contributed by atoms with E-state index in [1.165, 1.54) is 0 Å². The van der Waals surface area contributed by atoms with Crippen LogP contribution in [-0.2, 0) is 4.79 Å². The molecule has 9 heteroatoms. The summed E-state index contributed by atoms with van der Waals surface area (Å²) in [5.74, 6) is 1.32. The largest absolute Gasteiger partial charge is 0.385 e. The number of nitrogens with zero attached hydrogens (tertiary/aromatic N) is 2. The number of amides is 1. The van der Waals surface area contributed by atoms with Crippen LogP contribution in [-0.4, -0.2) is 54.4 Å². The fraction of sp³-hybridized carbons (Fsp3) is 0.368. The van der Waals surface area contributed by atoms with E-state index in [1.807, 2.05) is 11.0 Å². The second-order valence-electron chi connectivity index (χ2n) is 6.71. The number of halogens is 2. The molecule has 28 heavy (non-hydrogen) atoms. The summed E-state index contributed by atoms with van der Waals surface area (Å²) < 4.78 is 0. The van der Waals surface area contributed by atoms with Crippen LogP contribution in [0.25, 0.3) is 0 Å². The molecule has 5 N–H and O–H groups in total. The number of benzene rings is 1. The first-order valence-corrected chi connectivity index (χ1v) is 9.86. The van der Waals surface area contributed by atoms with E-state index < -0.39 is 0 Å². The number of carbonyl (C=O) groups excluding carboxylic acids is 1. The highest BCUT2D eigenvalue weighted by Gasteiger charge is 2.24. The lowest BCUT2D eigenvalue weighted by Gasteiger charge is -2.34. The molecule has 1 fully saturated rings. The maximum absolute atomic E-state index is 12.6. The Bertz CT molecular complexity index is 846. The summed E-state index contributed by atoms with van der Waals surface area (Å²) in [6.45, 7) is 1.53. The van der Waals surface area contributed by atoms with Crippen LogP contribution in [0, 0.1) is 0 Å². The minimum absolute atomic E-state index is 0.0266. The van der Waals surface area contributed by atoms with Crippen LogP contribution in [0.1, 0.15) is 18.4 Å². The van der Waals surface area contributed by atoms with Crippen molar-refractivity contribution in [2.24, 2.45) is 4.99 Å². The molecule has 1 amide bonds. The van der Waals surface area contributed by atoms with E-state index in [-0.39, 0.29) is 18.5 Å². The summed E-state index contributed by atoms with van der Waals surface area (Å²) in [6.07, 6.45) is 3.67. The summed E-state index contributed by atoms with van der Waals surface area (Å²) in [5.41, 5.74) is 7.51. The number of carbonyl (C=O) groups is 1. The van der Waals surface area contributed by atoms with Gasteiger partial charge in [0.1, 0.15) is 11.7 Å². The van der Waals surface area contributed by atoms with Gasteiger partial charge in [0.15, 0.2) is 0 Å². The maximum atomic E-state index is 12.6. The molecule has 1 aliphatic heterocycles. The van der Waals surface area contributed by atoms with Crippen molar-refractivity contribution in [1.29, 1.82) is 0 Å². The number of aromatic nitrogens is 1. The number of H-pyrrole nitrogens is 1. The SMILES string of the molecule is CN=C(N[C@H]1CCCN(C(=O)CNc2cc(Cl)cc(Cl)c2)C1)c1cc[nH]c1N. The van der Waals surface area contributed by atoms with Crippen LogP contribution in [0.15, 0.2) is 35.5 Å². The van der Waals surface area contributed by atoms with Gasteiger partial charge in [-0.05, 0) is 37.1 Å². The number of nitrogens with two attached hydrogens (primary N) is 1. The molecule has 0 spiro atoms. The van der Waals surface area contributed by atoms with Gasteiger partial charge < -0.3 is 26.3 Å². The number of aromatic amines is 1. The van der Waals surface area contributed by atoms with E-state index >= 15 is 0 Å². The maximum Gasteiger partial charge on any atom is 0.241 e. The van der Waals surface area contributed by atoms with Crippen LogP contribution >= 0.6 is 23.2 Å². The van der Waals surface area contributed by atoms with Crippen LogP contribution in [0.5, 0.6) is 0 Å². The lowest BCUT2D eigenvalue weighted by molar-refractivity contribution is -0.130. The molecule has 1 aliphatic rings. The van der Waals surface area contributed by atoms with Crippen molar-refractivity contribution in [1.82, 2.24) is 15.2 Å². The van der Waals surface area contributed by atoms with Crippen LogP contribution in [0.2, 0.25) is 10.0 Å². The van der Waals surface area contributed by atoms with Crippen LogP contribution in [0.3, 0.4) is 0 Å². The molecule has 1 aromatic carbocycles. The predicted octanol–water partition coefficient (Wildman–Crippen LogP) is 2.97. The second kappa shape index (κ2) is 9.21. The van der Waals surface area contributed by atoms with Crippen molar-refractivity contribution in [2.75, 3.05) is 37.7 Å². The minimum atomic E-state index is 0.0266. The van der Waals surface area contributed by atoms with Gasteiger partial charge in [-0.25, -0.2) is 0 Å². The van der Waals surface area contributed by atoms with Gasteiger partial charge >= 0.3 is 0 Å². The fourth-order valence-electron chi connectivity index (χ4n) is 3.31. The zero-order chi connectivity index (χ0) is 20.1. The highest BCUT2D eigenvalue weighted by molar-refractivity contribution is 6.35. The smallest absolute Gasteiger partial charge is 0.241 e. The number of aliphatic imine (C=N–C) groups is 1. The number of anilines is 2. The third-order valence-electron chi connectivity index (χ3n) is 4.68. The topological polar surface area (TPSA) is 98.5 Å². The molecule has 2 aromatic rings. The number of rotatable bonds is 5. The van der Waals surface area contributed by atoms with Crippen molar-refractivity contribution in [3.05, 3.63) is 46.1 Å². The molecule has 0 saturated carbocycles. The number of likely N-dealkylation sites (tertiary alicyclic amines) is 1. The van der Waals surface area contributed by atoms with E-state index in [2.05, 4.69) is 20.6 Å². The Hall–Kier alpha value is -2.38. The lowest BCUT2D eigenvalue weighted by atomic mass is 10.0. The molecule has 0 aliphatic carbocycles. The molecule has 0 radical (unpaired) electrons. The van der Waals surface area contributed by atoms with Gasteiger partial charge in [-0.2, -0.15) is 0 Å². The molecular weight excluding hydrogens is 399 g/mol. The average Bonchev–Trinajstić information content (AvgIpc) is 3.09. The van der Waals surface area contributed by atoms with Crippen LogP contribution in [0.4, 0.5) is 11.5 Å². The van der Waals surface area contributed by atoms with Crippen LogP contribution < -0.4 is 16.4 Å². The monoisotopic (exact) mass is 422 g/mol. The fourth-order valence-corrected chi connectivity index (χ4v) is 3.84. The minimum Gasteiger partial charge on any atom is -0.385 e. The Kier molecular flexibility index (Phi) is 6.70. The zero-order valence-electron chi connectivity index (χ0n) is 15.6. The predicted molar refractivity (Wildman–Crippen MR) is 115 cm³/mol. The Labute approximate surface area is 174 Å². The third kappa shape index (κ3) is 5.11. The average molecular weight is 423 g/mol. The lowest BCUT2D eigenvalue weighted by Crippen LogP contribution is -2.51. The molecular formula is C19H24Cl2N6O. The Morgan fingerprint density at radius 2 is 2.11 bits per heavy atom. The van der Waals surface area contributed by atoms with Crippen molar-refractivity contribution in [3.63, 3.8) is 0 Å². The molecule has 150 valence electrons. The quantitative estimate of drug-likeness (QED) is 0.439. The number of nitrogen functional groups attached to an aromatic ring is 1.